The van der Waals surface area contributed by atoms with Gasteiger partial charge >= 0.3 is 0 Å². The van der Waals surface area contributed by atoms with Crippen molar-refractivity contribution in [1.29, 1.82) is 0 Å². The van der Waals surface area contributed by atoms with E-state index in [0.29, 0.717) is 29.5 Å². The van der Waals surface area contributed by atoms with Crippen molar-refractivity contribution in [1.82, 2.24) is 0 Å². The van der Waals surface area contributed by atoms with Gasteiger partial charge in [0, 0.05) is 25.0 Å². The second-order valence-electron chi connectivity index (χ2n) is 34.3. The molecule has 0 spiro atoms. The third-order valence-electron chi connectivity index (χ3n) is 29.4. The van der Waals surface area contributed by atoms with Crippen molar-refractivity contribution in [2.24, 2.45) is 88.3 Å². The van der Waals surface area contributed by atoms with E-state index in [-0.39, 0.29) is 15.8 Å². The first-order valence-corrected chi connectivity index (χ1v) is 44.2. The Bertz CT molecular complexity index is 1880. The lowest BCUT2D eigenvalue weighted by atomic mass is 9.45. The summed E-state index contributed by atoms with van der Waals surface area (Å²) in [4.78, 5) is 0. The molecule has 12 saturated carbocycles. The average molecular weight is 1230 g/mol. The largest absolute Gasteiger partial charge is 0.378 e. The predicted octanol–water partition coefficient (Wildman–Crippen LogP) is 25.4. The lowest BCUT2D eigenvalue weighted by Gasteiger charge is -2.60. The van der Waals surface area contributed by atoms with E-state index >= 15 is 0 Å². The Balaban J connectivity index is 0.904. The summed E-state index contributed by atoms with van der Waals surface area (Å²) in [6.45, 7) is 12.4. The molecule has 18 atom stereocenters. The fourth-order valence-corrected chi connectivity index (χ4v) is 35.2. The summed E-state index contributed by atoms with van der Waals surface area (Å²) in [7, 11) is 0.181. The van der Waals surface area contributed by atoms with E-state index in [4.69, 9.17) is 9.47 Å². The lowest BCUT2D eigenvalue weighted by molar-refractivity contribution is -0.131. The summed E-state index contributed by atoms with van der Waals surface area (Å²) >= 11 is 0. The van der Waals surface area contributed by atoms with Crippen LogP contribution in [0, 0.1) is 88.3 Å². The summed E-state index contributed by atoms with van der Waals surface area (Å²) in [6.07, 6.45) is 87.3. The zero-order valence-corrected chi connectivity index (χ0v) is 59.8. The normalized spacial score (nSPS) is 41.8. The standard InChI is InChI=1S/C83H142O2P2/c1-5-7-9-29-55-84-78-53-50-67(59-65(78)48-46-63-31-23-27-43-80(63)86(69-33-15-11-16-34-69)70-35-17-12-18-36-70)83(76-57-61(3)45-52-75(76)82-74-42-26-25-41-73(74)62(4)58-77(82)83)68-51-54-79(85-56-30-10-8-6-2)66(60-68)49-47-64-32-24-28-44-81(64)87(71-37-19-13-20-38-71)72-39-21-14-22-40-72/h46-49,61-82H,5-45,50-60H2,1-4H3/b48-46+,49-47+. The first-order valence-electron chi connectivity index (χ1n) is 41.1. The van der Waals surface area contributed by atoms with E-state index in [1.165, 1.54) is 225 Å². The van der Waals surface area contributed by atoms with Crippen molar-refractivity contribution in [3.63, 3.8) is 0 Å². The first-order chi connectivity index (χ1) is 42.9. The average Bonchev–Trinajstić information content (AvgIpc) is 1.57. The van der Waals surface area contributed by atoms with Gasteiger partial charge in [-0.05, 0) is 271 Å². The molecule has 12 rings (SSSR count). The van der Waals surface area contributed by atoms with Crippen molar-refractivity contribution in [2.45, 2.75) is 395 Å². The van der Waals surface area contributed by atoms with Crippen molar-refractivity contribution in [3.8, 4) is 0 Å². The summed E-state index contributed by atoms with van der Waals surface area (Å²) in [6, 6.07) is 0. The minimum atomic E-state index is 0.0904. The maximum atomic E-state index is 7.47. The molecule has 0 aliphatic heterocycles. The van der Waals surface area contributed by atoms with Crippen LogP contribution >= 0.6 is 15.8 Å². The van der Waals surface area contributed by atoms with E-state index in [2.05, 4.69) is 52.0 Å². The molecule has 12 fully saturated rings. The van der Waals surface area contributed by atoms with E-state index in [0.717, 1.165) is 118 Å². The van der Waals surface area contributed by atoms with Gasteiger partial charge in [-0.15, -0.1) is 0 Å². The summed E-state index contributed by atoms with van der Waals surface area (Å²) in [5, 5.41) is 0. The monoisotopic (exact) mass is 1230 g/mol. The molecule has 0 aromatic rings. The highest BCUT2D eigenvalue weighted by molar-refractivity contribution is 7.60. The maximum absolute atomic E-state index is 7.47. The van der Waals surface area contributed by atoms with Gasteiger partial charge in [-0.3, -0.25) is 0 Å². The SMILES string of the molecule is CCCCCCOC1CCC(C2(C3CCC(OCCCCCC)C(/C=C/C4CCCCC4P(C4CCCCC4)C4CCCCC4)C3)C3CC(C)CCC3C3C4CCCCC4C(C)CC32)CC1/C=C/C1CCCCC1P(C1CCCCC1)C1CCCCC1. The number of unbranched alkanes of at least 4 members (excludes halogenated alkanes) is 6. The first kappa shape index (κ1) is 67.2. The second kappa shape index (κ2) is 33.8. The minimum absolute atomic E-state index is 0.0904. The Morgan fingerprint density at radius 3 is 1.22 bits per heavy atom. The molecule has 12 aliphatic rings. The van der Waals surface area contributed by atoms with Crippen LogP contribution in [0.25, 0.3) is 0 Å². The van der Waals surface area contributed by atoms with Crippen molar-refractivity contribution in [2.75, 3.05) is 13.2 Å². The zero-order chi connectivity index (χ0) is 59.4. The van der Waals surface area contributed by atoms with Crippen LogP contribution < -0.4 is 0 Å². The zero-order valence-electron chi connectivity index (χ0n) is 58.0. The van der Waals surface area contributed by atoms with Gasteiger partial charge in [-0.25, -0.2) is 0 Å². The Morgan fingerprint density at radius 1 is 0.345 bits per heavy atom. The molecule has 0 amide bonds. The van der Waals surface area contributed by atoms with E-state index in [1.807, 2.05) is 0 Å². The number of ether oxygens (including phenoxy) is 2. The molecule has 0 bridgehead atoms. The molecule has 4 heteroatoms. The Hall–Kier alpha value is 0.260. The third-order valence-corrected chi connectivity index (χ3v) is 37.7. The Labute approximate surface area is 542 Å². The molecule has 18 unspecified atom stereocenters. The van der Waals surface area contributed by atoms with E-state index in [9.17, 15) is 0 Å². The molecule has 0 aromatic heterocycles. The number of hydrogen-bond acceptors (Lipinski definition) is 2. The third kappa shape index (κ3) is 15.9. The topological polar surface area (TPSA) is 18.5 Å². The molecule has 0 aromatic carbocycles. The van der Waals surface area contributed by atoms with Crippen LogP contribution in [-0.4, -0.2) is 59.4 Å². The van der Waals surface area contributed by atoms with Gasteiger partial charge in [-0.1, -0.05) is 228 Å². The molecule has 2 nitrogen and oxygen atoms in total. The molecule has 87 heavy (non-hydrogen) atoms. The van der Waals surface area contributed by atoms with Crippen LogP contribution in [0.15, 0.2) is 24.3 Å². The highest BCUT2D eigenvalue weighted by Crippen LogP contribution is 2.76. The van der Waals surface area contributed by atoms with Gasteiger partial charge in [0.15, 0.2) is 0 Å². The van der Waals surface area contributed by atoms with Crippen LogP contribution in [-0.2, 0) is 9.47 Å². The molecule has 0 radical (unpaired) electrons. The molecule has 0 heterocycles. The lowest BCUT2D eigenvalue weighted by Crippen LogP contribution is -2.54. The molecule has 496 valence electrons. The quantitative estimate of drug-likeness (QED) is 0.0545. The fourth-order valence-electron chi connectivity index (χ4n) is 25.7. The fraction of sp³-hybridized carbons (Fsp3) is 0.952. The van der Waals surface area contributed by atoms with Gasteiger partial charge < -0.3 is 9.47 Å². The van der Waals surface area contributed by atoms with Crippen molar-refractivity contribution >= 4 is 15.8 Å². The summed E-state index contributed by atoms with van der Waals surface area (Å²) in [5.41, 5.74) is 6.73. The Kier molecular flexibility index (Phi) is 26.1. The van der Waals surface area contributed by atoms with Gasteiger partial charge in [-0.2, -0.15) is 0 Å². The van der Waals surface area contributed by atoms with E-state index < -0.39 is 0 Å². The van der Waals surface area contributed by atoms with Crippen molar-refractivity contribution in [3.05, 3.63) is 24.3 Å². The van der Waals surface area contributed by atoms with Gasteiger partial charge in [0.2, 0.25) is 0 Å². The number of fused-ring (bicyclic) bond motifs is 5. The van der Waals surface area contributed by atoms with Crippen LogP contribution in [0.4, 0.5) is 0 Å². The highest BCUT2D eigenvalue weighted by atomic mass is 31.1. The summed E-state index contributed by atoms with van der Waals surface area (Å²) in [5.74, 6) is 12.2. The highest BCUT2D eigenvalue weighted by Gasteiger charge is 2.69. The van der Waals surface area contributed by atoms with Crippen molar-refractivity contribution < 1.29 is 9.47 Å². The van der Waals surface area contributed by atoms with Gasteiger partial charge in [0.25, 0.3) is 0 Å². The second-order valence-corrected chi connectivity index (χ2v) is 40.4. The maximum Gasteiger partial charge on any atom is 0.0637 e. The van der Waals surface area contributed by atoms with E-state index in [1.54, 1.807) is 96.3 Å². The smallest absolute Gasteiger partial charge is 0.0637 e. The number of allylic oxidation sites excluding steroid dienone is 2. The number of rotatable bonds is 24. The van der Waals surface area contributed by atoms with Crippen LogP contribution in [0.1, 0.15) is 349 Å². The number of hydrogen-bond donors (Lipinski definition) is 0. The molecule has 0 saturated heterocycles. The Morgan fingerprint density at radius 2 is 0.759 bits per heavy atom. The van der Waals surface area contributed by atoms with Gasteiger partial charge in [0.05, 0.1) is 12.2 Å². The van der Waals surface area contributed by atoms with Crippen LogP contribution in [0.5, 0.6) is 0 Å². The van der Waals surface area contributed by atoms with Gasteiger partial charge in [0.1, 0.15) is 0 Å². The molecular formula is C83H142O2P2. The van der Waals surface area contributed by atoms with Crippen LogP contribution in [0.3, 0.4) is 0 Å². The summed E-state index contributed by atoms with van der Waals surface area (Å²) < 4.78 is 14.9. The minimum Gasteiger partial charge on any atom is -0.378 e. The molecule has 0 N–H and O–H groups in total. The molecule has 12 aliphatic carbocycles. The van der Waals surface area contributed by atoms with Crippen LogP contribution in [0.2, 0.25) is 0 Å². The molecular weight excluding hydrogens is 1090 g/mol. The predicted molar refractivity (Wildman–Crippen MR) is 379 cm³/mol.